The summed E-state index contributed by atoms with van der Waals surface area (Å²) in [6.45, 7) is 5.95. The van der Waals surface area contributed by atoms with Gasteiger partial charge in [0.25, 0.3) is 0 Å². The van der Waals surface area contributed by atoms with Gasteiger partial charge in [-0.25, -0.2) is 4.39 Å². The van der Waals surface area contributed by atoms with Crippen molar-refractivity contribution in [2.24, 2.45) is 11.1 Å². The molecule has 4 heteroatoms. The topological polar surface area (TPSA) is 52.3 Å². The molecule has 1 atom stereocenters. The van der Waals surface area contributed by atoms with Crippen LogP contribution in [0.4, 0.5) is 4.39 Å². The number of halogens is 1. The Kier molecular flexibility index (Phi) is 5.06. The molecule has 0 heterocycles. The molecule has 0 aliphatic rings. The molecule has 3 nitrogen and oxygen atoms in total. The van der Waals surface area contributed by atoms with E-state index in [9.17, 15) is 9.18 Å². The van der Waals surface area contributed by atoms with Crippen LogP contribution in [0.25, 0.3) is 0 Å². The van der Waals surface area contributed by atoms with E-state index < -0.39 is 5.82 Å². The van der Waals surface area contributed by atoms with Gasteiger partial charge in [-0.2, -0.15) is 0 Å². The van der Waals surface area contributed by atoms with E-state index in [0.29, 0.717) is 5.56 Å². The number of rotatable bonds is 5. The van der Waals surface area contributed by atoms with Gasteiger partial charge in [0.15, 0.2) is 11.6 Å². The average molecular weight is 267 g/mol. The van der Waals surface area contributed by atoms with E-state index >= 15 is 0 Å². The largest absolute Gasteiger partial charge is 0.494 e. The van der Waals surface area contributed by atoms with Crippen molar-refractivity contribution in [1.29, 1.82) is 0 Å². The lowest BCUT2D eigenvalue weighted by Crippen LogP contribution is -2.37. The fraction of sp³-hybridized carbons (Fsp3) is 0.533. The molecule has 0 amide bonds. The number of carbonyl (C=O) groups is 1. The molecule has 1 aromatic rings. The van der Waals surface area contributed by atoms with Crippen molar-refractivity contribution in [2.75, 3.05) is 7.11 Å². The Balaban J connectivity index is 2.73. The number of ether oxygens (including phenoxy) is 1. The van der Waals surface area contributed by atoms with Crippen LogP contribution in [0, 0.1) is 11.2 Å². The fourth-order valence-corrected chi connectivity index (χ4v) is 1.69. The second kappa shape index (κ2) is 6.15. The Bertz CT molecular complexity index is 452. The molecule has 0 bridgehead atoms. The van der Waals surface area contributed by atoms with Gasteiger partial charge in [-0.1, -0.05) is 32.9 Å². The molecule has 1 unspecified atom stereocenters. The Morgan fingerprint density at radius 2 is 2.05 bits per heavy atom. The first kappa shape index (κ1) is 15.6. The number of nitrogens with two attached hydrogens (primary N) is 1. The van der Waals surface area contributed by atoms with Crippen LogP contribution in [0.15, 0.2) is 18.2 Å². The summed E-state index contributed by atoms with van der Waals surface area (Å²) in [5.74, 6) is -0.373. The molecule has 0 saturated heterocycles. The summed E-state index contributed by atoms with van der Waals surface area (Å²) >= 11 is 0. The average Bonchev–Trinajstić information content (AvgIpc) is 2.30. The minimum Gasteiger partial charge on any atom is -0.494 e. The first-order valence-electron chi connectivity index (χ1n) is 6.34. The van der Waals surface area contributed by atoms with Crippen LogP contribution in [0.2, 0.25) is 0 Å². The van der Waals surface area contributed by atoms with Gasteiger partial charge >= 0.3 is 0 Å². The van der Waals surface area contributed by atoms with E-state index in [0.717, 1.165) is 0 Å². The highest BCUT2D eigenvalue weighted by Crippen LogP contribution is 2.23. The van der Waals surface area contributed by atoms with E-state index in [-0.39, 0.29) is 35.8 Å². The smallest absolute Gasteiger partial charge is 0.168 e. The van der Waals surface area contributed by atoms with Crippen LogP contribution >= 0.6 is 0 Å². The second-order valence-corrected chi connectivity index (χ2v) is 5.83. The minimum absolute atomic E-state index is 0.0484. The van der Waals surface area contributed by atoms with Crippen LogP contribution in [0.1, 0.15) is 32.8 Å². The van der Waals surface area contributed by atoms with Gasteiger partial charge in [-0.3, -0.25) is 4.79 Å². The van der Waals surface area contributed by atoms with Gasteiger partial charge in [-0.05, 0) is 17.0 Å². The van der Waals surface area contributed by atoms with Crippen molar-refractivity contribution in [3.8, 4) is 5.75 Å². The maximum Gasteiger partial charge on any atom is 0.168 e. The summed E-state index contributed by atoms with van der Waals surface area (Å²) in [4.78, 5) is 11.9. The van der Waals surface area contributed by atoms with Gasteiger partial charge in [-0.15, -0.1) is 0 Å². The summed E-state index contributed by atoms with van der Waals surface area (Å²) in [5.41, 5.74) is 6.18. The van der Waals surface area contributed by atoms with Crippen molar-refractivity contribution in [2.45, 2.75) is 39.7 Å². The van der Waals surface area contributed by atoms with Crippen LogP contribution in [-0.4, -0.2) is 18.9 Å². The van der Waals surface area contributed by atoms with Gasteiger partial charge in [0.05, 0.1) is 7.11 Å². The zero-order valence-corrected chi connectivity index (χ0v) is 12.0. The zero-order chi connectivity index (χ0) is 14.6. The fourth-order valence-electron chi connectivity index (χ4n) is 1.69. The van der Waals surface area contributed by atoms with E-state index in [1.54, 1.807) is 12.1 Å². The predicted octanol–water partition coefficient (Wildman–Crippen LogP) is 2.71. The van der Waals surface area contributed by atoms with Crippen LogP contribution in [0.5, 0.6) is 5.75 Å². The van der Waals surface area contributed by atoms with E-state index in [4.69, 9.17) is 10.5 Å². The number of hydrogen-bond donors (Lipinski definition) is 1. The Labute approximate surface area is 113 Å². The van der Waals surface area contributed by atoms with Crippen molar-refractivity contribution < 1.29 is 13.9 Å². The van der Waals surface area contributed by atoms with Gasteiger partial charge < -0.3 is 10.5 Å². The summed E-state index contributed by atoms with van der Waals surface area (Å²) in [7, 11) is 1.40. The highest BCUT2D eigenvalue weighted by Gasteiger charge is 2.23. The molecule has 0 fully saturated rings. The standard InChI is InChI=1S/C15H22FNO2/c1-15(2,3)13(17)9-11(18)8-10-6-5-7-12(19-4)14(10)16/h5-7,13H,8-9,17H2,1-4H3. The molecular weight excluding hydrogens is 245 g/mol. The van der Waals surface area contributed by atoms with E-state index in [2.05, 4.69) is 0 Å². The molecule has 1 aromatic carbocycles. The lowest BCUT2D eigenvalue weighted by Gasteiger charge is -2.26. The lowest BCUT2D eigenvalue weighted by atomic mass is 9.84. The van der Waals surface area contributed by atoms with Crippen LogP contribution in [0.3, 0.4) is 0 Å². The Hall–Kier alpha value is -1.42. The highest BCUT2D eigenvalue weighted by atomic mass is 19.1. The third-order valence-corrected chi connectivity index (χ3v) is 3.21. The van der Waals surface area contributed by atoms with Crippen molar-refractivity contribution in [3.63, 3.8) is 0 Å². The number of carbonyl (C=O) groups excluding carboxylic acids is 1. The molecule has 2 N–H and O–H groups in total. The summed E-state index contributed by atoms with van der Waals surface area (Å²) in [6.07, 6.45) is 0.299. The van der Waals surface area contributed by atoms with Crippen molar-refractivity contribution in [3.05, 3.63) is 29.6 Å². The SMILES string of the molecule is COc1cccc(CC(=O)CC(N)C(C)(C)C)c1F. The minimum atomic E-state index is -0.470. The number of ketones is 1. The molecule has 106 valence electrons. The second-order valence-electron chi connectivity index (χ2n) is 5.83. The summed E-state index contributed by atoms with van der Waals surface area (Å²) < 4.78 is 18.8. The van der Waals surface area contributed by atoms with Gasteiger partial charge in [0.2, 0.25) is 0 Å². The molecule has 1 rings (SSSR count). The monoisotopic (exact) mass is 267 g/mol. The zero-order valence-electron chi connectivity index (χ0n) is 12.0. The van der Waals surface area contributed by atoms with Crippen LogP contribution < -0.4 is 10.5 Å². The van der Waals surface area contributed by atoms with E-state index in [1.165, 1.54) is 13.2 Å². The number of Topliss-reactive ketones (excluding diaryl/α,β-unsaturated/α-hetero) is 1. The molecule has 0 saturated carbocycles. The van der Waals surface area contributed by atoms with Crippen molar-refractivity contribution in [1.82, 2.24) is 0 Å². The number of hydrogen-bond acceptors (Lipinski definition) is 3. The molecule has 0 spiro atoms. The molecular formula is C15H22FNO2. The normalized spacial score (nSPS) is 13.2. The molecule has 19 heavy (non-hydrogen) atoms. The third-order valence-electron chi connectivity index (χ3n) is 3.21. The van der Waals surface area contributed by atoms with Crippen molar-refractivity contribution >= 4 is 5.78 Å². The van der Waals surface area contributed by atoms with Gasteiger partial charge in [0, 0.05) is 18.9 Å². The Morgan fingerprint density at radius 3 is 2.58 bits per heavy atom. The van der Waals surface area contributed by atoms with Gasteiger partial charge in [0.1, 0.15) is 5.78 Å². The lowest BCUT2D eigenvalue weighted by molar-refractivity contribution is -0.119. The molecule has 0 aliphatic carbocycles. The highest BCUT2D eigenvalue weighted by molar-refractivity contribution is 5.81. The first-order chi connectivity index (χ1) is 8.75. The maximum atomic E-state index is 13.9. The molecule has 0 radical (unpaired) electrons. The number of methoxy groups -OCH3 is 1. The molecule has 0 aromatic heterocycles. The summed E-state index contributed by atoms with van der Waals surface area (Å²) in [5, 5.41) is 0. The Morgan fingerprint density at radius 1 is 1.42 bits per heavy atom. The molecule has 0 aliphatic heterocycles. The quantitative estimate of drug-likeness (QED) is 0.892. The van der Waals surface area contributed by atoms with Crippen LogP contribution in [-0.2, 0) is 11.2 Å². The van der Waals surface area contributed by atoms with E-state index in [1.807, 2.05) is 20.8 Å². The number of benzene rings is 1. The predicted molar refractivity (Wildman–Crippen MR) is 73.7 cm³/mol. The third kappa shape index (κ3) is 4.31. The summed E-state index contributed by atoms with van der Waals surface area (Å²) in [6, 6.07) is 4.57. The first-order valence-corrected chi connectivity index (χ1v) is 6.34. The maximum absolute atomic E-state index is 13.9.